The lowest BCUT2D eigenvalue weighted by Crippen LogP contribution is -2.58. The summed E-state index contributed by atoms with van der Waals surface area (Å²) >= 11 is 0. The van der Waals surface area contributed by atoms with E-state index < -0.39 is 11.9 Å². The van der Waals surface area contributed by atoms with E-state index in [0.717, 1.165) is 32.4 Å². The summed E-state index contributed by atoms with van der Waals surface area (Å²) in [5.41, 5.74) is 0. The van der Waals surface area contributed by atoms with Crippen molar-refractivity contribution in [1.82, 2.24) is 10.2 Å². The van der Waals surface area contributed by atoms with Crippen LogP contribution in [0.4, 0.5) is 4.39 Å². The first-order valence-corrected chi connectivity index (χ1v) is 8.81. The Morgan fingerprint density at radius 3 is 2.84 bits per heavy atom. The number of carbonyl (C=O) groups excluding carboxylic acids is 1. The number of hydrogen-bond donors (Lipinski definition) is 2. The van der Waals surface area contributed by atoms with Gasteiger partial charge in [-0.2, -0.15) is 0 Å². The normalized spacial score (nSPS) is 27.7. The highest BCUT2D eigenvalue weighted by Gasteiger charge is 2.36. The molecule has 1 aliphatic carbocycles. The van der Waals surface area contributed by atoms with E-state index in [1.165, 1.54) is 12.1 Å². The molecule has 7 heteroatoms. The van der Waals surface area contributed by atoms with Crippen LogP contribution in [0.2, 0.25) is 0 Å². The van der Waals surface area contributed by atoms with Crippen LogP contribution in [0.5, 0.6) is 5.75 Å². The molecule has 0 radical (unpaired) electrons. The number of hydrogen-bond acceptors (Lipinski definition) is 5. The molecule has 1 saturated heterocycles. The van der Waals surface area contributed by atoms with E-state index in [2.05, 4.69) is 10.2 Å². The monoisotopic (exact) mass is 352 g/mol. The molecule has 2 N–H and O–H groups in total. The molecule has 0 spiro atoms. The molecule has 3 rings (SSSR count). The van der Waals surface area contributed by atoms with E-state index >= 15 is 0 Å². The average molecular weight is 352 g/mol. The summed E-state index contributed by atoms with van der Waals surface area (Å²) in [7, 11) is 0. The summed E-state index contributed by atoms with van der Waals surface area (Å²) in [5, 5.41) is 13.5. The molecule has 1 saturated carbocycles. The van der Waals surface area contributed by atoms with Crippen molar-refractivity contribution in [3.63, 3.8) is 0 Å². The van der Waals surface area contributed by atoms with E-state index in [1.807, 2.05) is 0 Å². The zero-order chi connectivity index (χ0) is 17.6. The van der Waals surface area contributed by atoms with Gasteiger partial charge in [0.05, 0.1) is 25.4 Å². The first kappa shape index (κ1) is 18.1. The van der Waals surface area contributed by atoms with Crippen LogP contribution in [0.15, 0.2) is 24.3 Å². The molecule has 6 nitrogen and oxygen atoms in total. The lowest BCUT2D eigenvalue weighted by molar-refractivity contribution is -0.126. The number of aliphatic hydroxyl groups is 1. The lowest BCUT2D eigenvalue weighted by Gasteiger charge is -2.42. The Bertz CT molecular complexity index is 580. The van der Waals surface area contributed by atoms with E-state index in [4.69, 9.17) is 9.47 Å². The van der Waals surface area contributed by atoms with Gasteiger partial charge in [0.2, 0.25) is 0 Å². The number of para-hydroxylation sites is 1. The molecule has 0 aromatic heterocycles. The van der Waals surface area contributed by atoms with Crippen LogP contribution < -0.4 is 10.1 Å². The van der Waals surface area contributed by atoms with Crippen molar-refractivity contribution in [2.45, 2.75) is 37.5 Å². The molecule has 1 aliphatic heterocycles. The fourth-order valence-corrected chi connectivity index (χ4v) is 3.58. The van der Waals surface area contributed by atoms with E-state index in [1.54, 1.807) is 12.1 Å². The highest BCUT2D eigenvalue weighted by atomic mass is 19.1. The van der Waals surface area contributed by atoms with Gasteiger partial charge in [-0.25, -0.2) is 4.39 Å². The van der Waals surface area contributed by atoms with Gasteiger partial charge in [0.15, 0.2) is 18.2 Å². The van der Waals surface area contributed by atoms with Crippen LogP contribution in [-0.2, 0) is 9.53 Å². The average Bonchev–Trinajstić information content (AvgIpc) is 2.63. The Morgan fingerprint density at radius 1 is 1.32 bits per heavy atom. The number of amides is 1. The maximum Gasteiger partial charge on any atom is 0.258 e. The summed E-state index contributed by atoms with van der Waals surface area (Å²) in [6.45, 7) is 2.69. The van der Waals surface area contributed by atoms with Crippen LogP contribution in [0, 0.1) is 5.82 Å². The van der Waals surface area contributed by atoms with Crippen LogP contribution in [-0.4, -0.2) is 67.0 Å². The van der Waals surface area contributed by atoms with E-state index in [-0.39, 0.29) is 30.3 Å². The second-order valence-electron chi connectivity index (χ2n) is 6.53. The third-order valence-corrected chi connectivity index (χ3v) is 4.88. The van der Waals surface area contributed by atoms with Crippen molar-refractivity contribution in [3.8, 4) is 5.75 Å². The number of nitrogens with zero attached hydrogens (tertiary/aromatic N) is 1. The number of aliphatic hydroxyl groups excluding tert-OH is 1. The minimum atomic E-state index is -0.621. The maximum absolute atomic E-state index is 13.5. The molecule has 138 valence electrons. The molecule has 1 heterocycles. The molecule has 0 unspecified atom stereocenters. The third-order valence-electron chi connectivity index (χ3n) is 4.88. The molecule has 2 aliphatic rings. The number of morpholine rings is 1. The van der Waals surface area contributed by atoms with Crippen LogP contribution >= 0.6 is 0 Å². The minimum Gasteiger partial charge on any atom is -0.481 e. The maximum atomic E-state index is 13.5. The van der Waals surface area contributed by atoms with Gasteiger partial charge in [-0.3, -0.25) is 9.69 Å². The second-order valence-corrected chi connectivity index (χ2v) is 6.53. The van der Waals surface area contributed by atoms with E-state index in [9.17, 15) is 14.3 Å². The standard InChI is InChI=1S/C18H25FN2O4/c19-13-4-1-2-7-16(13)25-12-17(22)20-14-5-3-6-15(18(14)23)21-8-10-24-11-9-21/h1-2,4,7,14-15,18,23H,3,5-6,8-12H2,(H,20,22)/t14-,15-,18-/m1/s1. The van der Waals surface area contributed by atoms with Gasteiger partial charge in [-0.15, -0.1) is 0 Å². The largest absolute Gasteiger partial charge is 0.481 e. The number of ether oxygens (including phenoxy) is 2. The number of benzene rings is 1. The molecule has 3 atom stereocenters. The number of rotatable bonds is 5. The molecule has 2 fully saturated rings. The first-order valence-electron chi connectivity index (χ1n) is 8.81. The Hall–Kier alpha value is -1.70. The third kappa shape index (κ3) is 4.68. The summed E-state index contributed by atoms with van der Waals surface area (Å²) in [6.07, 6.45) is 1.97. The van der Waals surface area contributed by atoms with Crippen molar-refractivity contribution in [3.05, 3.63) is 30.1 Å². The van der Waals surface area contributed by atoms with Crippen molar-refractivity contribution >= 4 is 5.91 Å². The fraction of sp³-hybridized carbons (Fsp3) is 0.611. The van der Waals surface area contributed by atoms with Crippen LogP contribution in [0.3, 0.4) is 0 Å². The molecule has 1 aromatic carbocycles. The molecule has 0 bridgehead atoms. The van der Waals surface area contributed by atoms with Gasteiger partial charge >= 0.3 is 0 Å². The van der Waals surface area contributed by atoms with Crippen molar-refractivity contribution < 1.29 is 23.8 Å². The topological polar surface area (TPSA) is 71.0 Å². The zero-order valence-corrected chi connectivity index (χ0v) is 14.2. The summed E-state index contributed by atoms with van der Waals surface area (Å²) < 4.78 is 24.1. The molecular formula is C18H25FN2O4. The predicted molar refractivity (Wildman–Crippen MR) is 89.9 cm³/mol. The number of carbonyl (C=O) groups is 1. The summed E-state index contributed by atoms with van der Waals surface area (Å²) in [4.78, 5) is 14.4. The van der Waals surface area contributed by atoms with Crippen molar-refractivity contribution in [1.29, 1.82) is 0 Å². The Labute approximate surface area is 146 Å². The highest BCUT2D eigenvalue weighted by molar-refractivity contribution is 5.78. The quantitative estimate of drug-likeness (QED) is 0.825. The highest BCUT2D eigenvalue weighted by Crippen LogP contribution is 2.24. The van der Waals surface area contributed by atoms with E-state index in [0.29, 0.717) is 13.2 Å². The van der Waals surface area contributed by atoms with Crippen LogP contribution in [0.25, 0.3) is 0 Å². The predicted octanol–water partition coefficient (Wildman–Crippen LogP) is 0.935. The molecule has 25 heavy (non-hydrogen) atoms. The Balaban J connectivity index is 1.50. The van der Waals surface area contributed by atoms with Crippen LogP contribution in [0.1, 0.15) is 19.3 Å². The lowest BCUT2D eigenvalue weighted by atomic mass is 9.87. The van der Waals surface area contributed by atoms with Gasteiger partial charge < -0.3 is 19.9 Å². The Morgan fingerprint density at radius 2 is 2.08 bits per heavy atom. The van der Waals surface area contributed by atoms with Gasteiger partial charge in [-0.1, -0.05) is 12.1 Å². The molecule has 1 aromatic rings. The molecular weight excluding hydrogens is 327 g/mol. The molecule has 1 amide bonds. The zero-order valence-electron chi connectivity index (χ0n) is 14.2. The first-order chi connectivity index (χ1) is 12.1. The Kier molecular flexibility index (Phi) is 6.23. The number of halogens is 1. The van der Waals surface area contributed by atoms with Crippen molar-refractivity contribution in [2.75, 3.05) is 32.9 Å². The van der Waals surface area contributed by atoms with Gasteiger partial charge in [0.1, 0.15) is 0 Å². The summed E-state index contributed by atoms with van der Waals surface area (Å²) in [5.74, 6) is -0.802. The van der Waals surface area contributed by atoms with Gasteiger partial charge in [0.25, 0.3) is 5.91 Å². The summed E-state index contributed by atoms with van der Waals surface area (Å²) in [6, 6.07) is 5.70. The fourth-order valence-electron chi connectivity index (χ4n) is 3.58. The number of nitrogens with one attached hydrogen (secondary N) is 1. The van der Waals surface area contributed by atoms with Crippen molar-refractivity contribution in [2.24, 2.45) is 0 Å². The minimum absolute atomic E-state index is 0.0374. The SMILES string of the molecule is O=C(COc1ccccc1F)N[C@@H]1CCC[C@@H](N2CCOCC2)[C@@H]1O. The van der Waals surface area contributed by atoms with Gasteiger partial charge in [0, 0.05) is 19.1 Å². The second kappa shape index (κ2) is 8.60. The van der Waals surface area contributed by atoms with Gasteiger partial charge in [-0.05, 0) is 31.4 Å². The smallest absolute Gasteiger partial charge is 0.258 e.